The lowest BCUT2D eigenvalue weighted by atomic mass is 10.1. The van der Waals surface area contributed by atoms with E-state index in [-0.39, 0.29) is 17.5 Å². The van der Waals surface area contributed by atoms with Crippen LogP contribution in [-0.4, -0.2) is 41.5 Å². The van der Waals surface area contributed by atoms with Crippen molar-refractivity contribution < 1.29 is 4.79 Å². The molecule has 0 radical (unpaired) electrons. The molecular weight excluding hydrogens is 278 g/mol. The molecule has 1 amide bonds. The van der Waals surface area contributed by atoms with E-state index in [2.05, 4.69) is 22.1 Å². The number of aromatic nitrogens is 1. The zero-order valence-corrected chi connectivity index (χ0v) is 12.8. The van der Waals surface area contributed by atoms with Gasteiger partial charge in [-0.05, 0) is 25.5 Å². The third-order valence-corrected chi connectivity index (χ3v) is 4.20. The van der Waals surface area contributed by atoms with Gasteiger partial charge in [0.05, 0.1) is 5.56 Å². The van der Waals surface area contributed by atoms with Gasteiger partial charge in [-0.2, -0.15) is 0 Å². The van der Waals surface area contributed by atoms with Crippen LogP contribution in [-0.2, 0) is 0 Å². The van der Waals surface area contributed by atoms with E-state index in [0.717, 1.165) is 32.5 Å². The summed E-state index contributed by atoms with van der Waals surface area (Å²) in [5, 5.41) is 4.34. The number of nitrogens with zero attached hydrogens (tertiary/aromatic N) is 1. The van der Waals surface area contributed by atoms with Crippen LogP contribution in [0, 0.1) is 0 Å². The molecule has 5 heteroatoms. The van der Waals surface area contributed by atoms with Crippen molar-refractivity contribution in [1.82, 2.24) is 15.2 Å². The molecule has 1 aliphatic rings. The zero-order valence-electron chi connectivity index (χ0n) is 12.8. The van der Waals surface area contributed by atoms with E-state index in [1.54, 1.807) is 12.1 Å². The van der Waals surface area contributed by atoms with Crippen molar-refractivity contribution in [3.8, 4) is 0 Å². The third kappa shape index (κ3) is 2.90. The predicted molar refractivity (Wildman–Crippen MR) is 87.2 cm³/mol. The third-order valence-electron chi connectivity index (χ3n) is 4.20. The highest BCUT2D eigenvalue weighted by Gasteiger charge is 2.24. The summed E-state index contributed by atoms with van der Waals surface area (Å²) in [6, 6.07) is 7.39. The van der Waals surface area contributed by atoms with Gasteiger partial charge in [-0.3, -0.25) is 9.59 Å². The first-order valence-electron chi connectivity index (χ1n) is 7.82. The molecule has 3 rings (SSSR count). The van der Waals surface area contributed by atoms with Gasteiger partial charge in [0.15, 0.2) is 0 Å². The van der Waals surface area contributed by atoms with Crippen LogP contribution in [0.15, 0.2) is 35.3 Å². The molecule has 0 bridgehead atoms. The summed E-state index contributed by atoms with van der Waals surface area (Å²) in [6.07, 6.45) is 3.62. The first kappa shape index (κ1) is 14.8. The molecule has 1 aliphatic heterocycles. The quantitative estimate of drug-likeness (QED) is 0.904. The lowest BCUT2D eigenvalue weighted by Crippen LogP contribution is -2.37. The van der Waals surface area contributed by atoms with Crippen LogP contribution < -0.4 is 10.9 Å². The second kappa shape index (κ2) is 6.32. The maximum Gasteiger partial charge on any atom is 0.255 e. The number of pyridine rings is 1. The largest absolute Gasteiger partial charge is 0.348 e. The van der Waals surface area contributed by atoms with E-state index in [9.17, 15) is 9.59 Å². The molecule has 0 unspecified atom stereocenters. The Morgan fingerprint density at radius 1 is 1.36 bits per heavy atom. The number of fused-ring (bicyclic) bond motifs is 1. The summed E-state index contributed by atoms with van der Waals surface area (Å²) in [4.78, 5) is 29.4. The molecule has 116 valence electrons. The van der Waals surface area contributed by atoms with Crippen molar-refractivity contribution in [3.63, 3.8) is 0 Å². The number of likely N-dealkylation sites (tertiary alicyclic amines) is 1. The van der Waals surface area contributed by atoms with Crippen LogP contribution in [0.3, 0.4) is 0 Å². The number of benzene rings is 1. The molecule has 1 saturated heterocycles. The molecule has 0 spiro atoms. The molecule has 5 nitrogen and oxygen atoms in total. The summed E-state index contributed by atoms with van der Waals surface area (Å²) in [5.41, 5.74) is 0.367. The summed E-state index contributed by atoms with van der Waals surface area (Å²) in [5.74, 6) is -0.115. The number of hydrogen-bond donors (Lipinski definition) is 2. The Hall–Kier alpha value is -2.14. The molecule has 2 aromatic rings. The van der Waals surface area contributed by atoms with Crippen LogP contribution in [0.2, 0.25) is 0 Å². The average Bonchev–Trinajstić information content (AvgIpc) is 2.95. The number of nitrogens with one attached hydrogen (secondary N) is 2. The molecule has 2 N–H and O–H groups in total. The molecule has 2 heterocycles. The van der Waals surface area contributed by atoms with Gasteiger partial charge in [-0.1, -0.05) is 25.1 Å². The maximum atomic E-state index is 12.5. The fraction of sp³-hybridized carbons (Fsp3) is 0.412. The lowest BCUT2D eigenvalue weighted by Gasteiger charge is -2.16. The summed E-state index contributed by atoms with van der Waals surface area (Å²) < 4.78 is 0. The van der Waals surface area contributed by atoms with Gasteiger partial charge in [0.1, 0.15) is 0 Å². The molecule has 1 aromatic heterocycles. The van der Waals surface area contributed by atoms with Crippen molar-refractivity contribution >= 4 is 16.7 Å². The van der Waals surface area contributed by atoms with Gasteiger partial charge >= 0.3 is 0 Å². The predicted octanol–water partition coefficient (Wildman–Crippen LogP) is 1.74. The lowest BCUT2D eigenvalue weighted by molar-refractivity contribution is 0.0939. The van der Waals surface area contributed by atoms with Crippen LogP contribution in [0.4, 0.5) is 0 Å². The van der Waals surface area contributed by atoms with Gasteiger partial charge in [-0.25, -0.2) is 0 Å². The van der Waals surface area contributed by atoms with E-state index < -0.39 is 0 Å². The number of hydrogen-bond acceptors (Lipinski definition) is 3. The van der Waals surface area contributed by atoms with Crippen molar-refractivity contribution in [1.29, 1.82) is 0 Å². The van der Waals surface area contributed by atoms with Crippen molar-refractivity contribution in [2.24, 2.45) is 0 Å². The Morgan fingerprint density at radius 2 is 2.14 bits per heavy atom. The smallest absolute Gasteiger partial charge is 0.255 e. The van der Waals surface area contributed by atoms with E-state index >= 15 is 0 Å². The second-order valence-electron chi connectivity index (χ2n) is 5.84. The number of amides is 1. The van der Waals surface area contributed by atoms with Crippen molar-refractivity contribution in [2.75, 3.05) is 19.6 Å². The number of rotatable bonds is 4. The Morgan fingerprint density at radius 3 is 2.91 bits per heavy atom. The van der Waals surface area contributed by atoms with Crippen LogP contribution in [0.1, 0.15) is 30.1 Å². The van der Waals surface area contributed by atoms with Gasteiger partial charge in [0.2, 0.25) is 0 Å². The first-order chi connectivity index (χ1) is 10.7. The Bertz CT molecular complexity index is 738. The van der Waals surface area contributed by atoms with E-state index in [1.165, 1.54) is 6.20 Å². The van der Waals surface area contributed by atoms with E-state index in [1.807, 2.05) is 12.1 Å². The Balaban J connectivity index is 1.79. The van der Waals surface area contributed by atoms with E-state index in [0.29, 0.717) is 16.3 Å². The zero-order chi connectivity index (χ0) is 15.5. The summed E-state index contributed by atoms with van der Waals surface area (Å²) in [7, 11) is 0. The minimum atomic E-state index is -0.165. The minimum Gasteiger partial charge on any atom is -0.348 e. The normalized spacial score (nSPS) is 18.7. The summed E-state index contributed by atoms with van der Waals surface area (Å²) >= 11 is 0. The Kier molecular flexibility index (Phi) is 4.24. The first-order valence-corrected chi connectivity index (χ1v) is 7.82. The monoisotopic (exact) mass is 299 g/mol. The standard InChI is InChI=1S/C17H21N3O2/c1-2-8-20-9-7-12(11-20)19-17(22)15-10-18-16(21)14-6-4-3-5-13(14)15/h3-6,10,12H,2,7-9,11H2,1H3,(H,18,21)(H,19,22)/t12-/m0/s1. The highest BCUT2D eigenvalue weighted by molar-refractivity contribution is 6.06. The van der Waals surface area contributed by atoms with Gasteiger partial charge < -0.3 is 15.2 Å². The van der Waals surface area contributed by atoms with Crippen LogP contribution in [0.25, 0.3) is 10.8 Å². The molecule has 1 atom stereocenters. The molecule has 1 aromatic carbocycles. The topological polar surface area (TPSA) is 65.2 Å². The minimum absolute atomic E-state index is 0.115. The van der Waals surface area contributed by atoms with Gasteiger partial charge in [-0.15, -0.1) is 0 Å². The fourth-order valence-electron chi connectivity index (χ4n) is 3.13. The molecule has 1 fully saturated rings. The fourth-order valence-corrected chi connectivity index (χ4v) is 3.13. The number of aromatic amines is 1. The molecule has 0 saturated carbocycles. The summed E-state index contributed by atoms with van der Waals surface area (Å²) in [6.45, 7) is 5.18. The number of H-pyrrole nitrogens is 1. The van der Waals surface area contributed by atoms with Gasteiger partial charge in [0.25, 0.3) is 11.5 Å². The highest BCUT2D eigenvalue weighted by Crippen LogP contribution is 2.15. The number of carbonyl (C=O) groups is 1. The van der Waals surface area contributed by atoms with Crippen molar-refractivity contribution in [2.45, 2.75) is 25.8 Å². The van der Waals surface area contributed by atoms with Crippen LogP contribution >= 0.6 is 0 Å². The van der Waals surface area contributed by atoms with Crippen molar-refractivity contribution in [3.05, 3.63) is 46.4 Å². The second-order valence-corrected chi connectivity index (χ2v) is 5.84. The molecular formula is C17H21N3O2. The highest BCUT2D eigenvalue weighted by atomic mass is 16.2. The van der Waals surface area contributed by atoms with E-state index in [4.69, 9.17) is 0 Å². The van der Waals surface area contributed by atoms with Gasteiger partial charge in [0, 0.05) is 36.1 Å². The number of carbonyl (C=O) groups excluding carboxylic acids is 1. The molecule has 22 heavy (non-hydrogen) atoms. The van der Waals surface area contributed by atoms with Crippen LogP contribution in [0.5, 0.6) is 0 Å². The molecule has 0 aliphatic carbocycles. The maximum absolute atomic E-state index is 12.5. The Labute approximate surface area is 129 Å². The average molecular weight is 299 g/mol. The SMILES string of the molecule is CCCN1CC[C@H](NC(=O)c2c[nH]c(=O)c3ccccc23)C1.